The van der Waals surface area contributed by atoms with E-state index >= 15 is 0 Å². The summed E-state index contributed by atoms with van der Waals surface area (Å²) >= 11 is 0. The second-order valence-corrected chi connectivity index (χ2v) is 4.88. The third kappa shape index (κ3) is 2.81. The first-order chi connectivity index (χ1) is 10.2. The Morgan fingerprint density at radius 3 is 2.62 bits per heavy atom. The van der Waals surface area contributed by atoms with Gasteiger partial charge in [0.05, 0.1) is 6.04 Å². The van der Waals surface area contributed by atoms with E-state index < -0.39 is 0 Å². The van der Waals surface area contributed by atoms with Crippen LogP contribution in [0.4, 0.5) is 8.78 Å². The Morgan fingerprint density at radius 1 is 1.05 bits per heavy atom. The number of hydrogen-bond acceptors (Lipinski definition) is 2. The Labute approximate surface area is 121 Å². The molecule has 3 aromatic rings. The third-order valence-corrected chi connectivity index (χ3v) is 3.37. The van der Waals surface area contributed by atoms with Crippen LogP contribution in [0.1, 0.15) is 24.3 Å². The first-order valence-corrected chi connectivity index (χ1v) is 6.85. The van der Waals surface area contributed by atoms with Crippen LogP contribution in [0.25, 0.3) is 11.0 Å². The summed E-state index contributed by atoms with van der Waals surface area (Å²) in [6.07, 6.45) is 0. The molecule has 1 atom stereocenters. The fraction of sp³-hybridized carbons (Fsp3) is 0.176. The SMILES string of the molecule is CCNC(c1cccc(F)c1)c1cc2cc(F)ccc2o1. The zero-order valence-electron chi connectivity index (χ0n) is 11.6. The van der Waals surface area contributed by atoms with Crippen LogP contribution in [0.3, 0.4) is 0 Å². The van der Waals surface area contributed by atoms with E-state index in [-0.39, 0.29) is 17.7 Å². The smallest absolute Gasteiger partial charge is 0.134 e. The highest BCUT2D eigenvalue weighted by Crippen LogP contribution is 2.29. The number of rotatable bonds is 4. The van der Waals surface area contributed by atoms with E-state index in [1.807, 2.05) is 13.0 Å². The van der Waals surface area contributed by atoms with Gasteiger partial charge in [0.25, 0.3) is 0 Å². The van der Waals surface area contributed by atoms with Gasteiger partial charge in [-0.05, 0) is 48.5 Å². The lowest BCUT2D eigenvalue weighted by Gasteiger charge is -2.15. The topological polar surface area (TPSA) is 25.2 Å². The number of benzene rings is 2. The third-order valence-electron chi connectivity index (χ3n) is 3.37. The molecule has 108 valence electrons. The minimum absolute atomic E-state index is 0.263. The molecule has 2 aromatic carbocycles. The monoisotopic (exact) mass is 287 g/mol. The second-order valence-electron chi connectivity index (χ2n) is 4.88. The molecule has 0 aliphatic carbocycles. The van der Waals surface area contributed by atoms with Crippen molar-refractivity contribution < 1.29 is 13.2 Å². The van der Waals surface area contributed by atoms with Crippen LogP contribution >= 0.6 is 0 Å². The predicted octanol–water partition coefficient (Wildman–Crippen LogP) is 4.41. The molecule has 1 unspecified atom stereocenters. The number of fused-ring (bicyclic) bond motifs is 1. The molecule has 0 bridgehead atoms. The molecule has 1 heterocycles. The van der Waals surface area contributed by atoms with Gasteiger partial charge in [-0.15, -0.1) is 0 Å². The van der Waals surface area contributed by atoms with E-state index in [9.17, 15) is 8.78 Å². The van der Waals surface area contributed by atoms with Crippen molar-refractivity contribution in [3.05, 3.63) is 71.5 Å². The van der Waals surface area contributed by atoms with Gasteiger partial charge in [-0.3, -0.25) is 0 Å². The van der Waals surface area contributed by atoms with Gasteiger partial charge in [-0.1, -0.05) is 19.1 Å². The maximum absolute atomic E-state index is 13.4. The second kappa shape index (κ2) is 5.66. The molecule has 0 fully saturated rings. The van der Waals surface area contributed by atoms with Crippen LogP contribution in [0.5, 0.6) is 0 Å². The summed E-state index contributed by atoms with van der Waals surface area (Å²) in [4.78, 5) is 0. The molecule has 3 rings (SSSR count). The quantitative estimate of drug-likeness (QED) is 0.769. The van der Waals surface area contributed by atoms with Crippen molar-refractivity contribution in [3.8, 4) is 0 Å². The molecule has 0 amide bonds. The number of nitrogens with one attached hydrogen (secondary N) is 1. The summed E-state index contributed by atoms with van der Waals surface area (Å²) in [7, 11) is 0. The lowest BCUT2D eigenvalue weighted by molar-refractivity contribution is 0.475. The molecule has 0 saturated heterocycles. The van der Waals surface area contributed by atoms with Crippen molar-refractivity contribution in [1.82, 2.24) is 5.32 Å². The van der Waals surface area contributed by atoms with Crippen molar-refractivity contribution in [2.75, 3.05) is 6.54 Å². The molecule has 21 heavy (non-hydrogen) atoms. The molecule has 0 aliphatic rings. The van der Waals surface area contributed by atoms with Gasteiger partial charge >= 0.3 is 0 Å². The van der Waals surface area contributed by atoms with Crippen molar-refractivity contribution in [2.24, 2.45) is 0 Å². The predicted molar refractivity (Wildman–Crippen MR) is 78.1 cm³/mol. The molecule has 1 N–H and O–H groups in total. The normalized spacial score (nSPS) is 12.7. The minimum Gasteiger partial charge on any atom is -0.459 e. The molecular weight excluding hydrogens is 272 g/mol. The maximum Gasteiger partial charge on any atom is 0.134 e. The average Bonchev–Trinajstić information content (AvgIpc) is 2.87. The molecule has 1 aromatic heterocycles. The Hall–Kier alpha value is -2.20. The van der Waals surface area contributed by atoms with E-state index in [4.69, 9.17) is 4.42 Å². The highest BCUT2D eigenvalue weighted by atomic mass is 19.1. The molecule has 0 aliphatic heterocycles. The van der Waals surface area contributed by atoms with E-state index in [2.05, 4.69) is 5.32 Å². The van der Waals surface area contributed by atoms with E-state index in [1.54, 1.807) is 18.2 Å². The van der Waals surface area contributed by atoms with Gasteiger partial charge in [0.1, 0.15) is 23.0 Å². The summed E-state index contributed by atoms with van der Waals surface area (Å²) in [5.41, 5.74) is 1.39. The molecule has 4 heteroatoms. The van der Waals surface area contributed by atoms with Crippen molar-refractivity contribution in [1.29, 1.82) is 0 Å². The summed E-state index contributed by atoms with van der Waals surface area (Å²) < 4.78 is 32.5. The fourth-order valence-corrected chi connectivity index (χ4v) is 2.45. The molecule has 0 spiro atoms. The van der Waals surface area contributed by atoms with Crippen LogP contribution in [0, 0.1) is 11.6 Å². The van der Waals surface area contributed by atoms with Crippen molar-refractivity contribution in [3.63, 3.8) is 0 Å². The first-order valence-electron chi connectivity index (χ1n) is 6.85. The Morgan fingerprint density at radius 2 is 1.86 bits per heavy atom. The summed E-state index contributed by atoms with van der Waals surface area (Å²) in [6, 6.07) is 12.3. The minimum atomic E-state index is -0.305. The summed E-state index contributed by atoms with van der Waals surface area (Å²) in [5.74, 6) is 0.0428. The molecule has 2 nitrogen and oxygen atoms in total. The summed E-state index contributed by atoms with van der Waals surface area (Å²) in [5, 5.41) is 3.96. The van der Waals surface area contributed by atoms with Crippen LogP contribution in [0.2, 0.25) is 0 Å². The number of furan rings is 1. The molecule has 0 radical (unpaired) electrons. The van der Waals surface area contributed by atoms with Crippen LogP contribution in [-0.2, 0) is 0 Å². The maximum atomic E-state index is 13.4. The van der Waals surface area contributed by atoms with Crippen LogP contribution in [-0.4, -0.2) is 6.54 Å². The standard InChI is InChI=1S/C17H15F2NO/c1-2-20-17(11-4-3-5-13(18)8-11)16-10-12-9-14(19)6-7-15(12)21-16/h3-10,17,20H,2H2,1H3. The lowest BCUT2D eigenvalue weighted by Crippen LogP contribution is -2.21. The van der Waals surface area contributed by atoms with E-state index in [0.717, 1.165) is 5.56 Å². The number of halogens is 2. The van der Waals surface area contributed by atoms with E-state index in [0.29, 0.717) is 23.3 Å². The van der Waals surface area contributed by atoms with Crippen molar-refractivity contribution in [2.45, 2.75) is 13.0 Å². The van der Waals surface area contributed by atoms with Gasteiger partial charge in [-0.2, -0.15) is 0 Å². The van der Waals surface area contributed by atoms with Gasteiger partial charge in [0.15, 0.2) is 0 Å². The number of hydrogen-bond donors (Lipinski definition) is 1. The Balaban J connectivity index is 2.06. The van der Waals surface area contributed by atoms with Crippen LogP contribution in [0.15, 0.2) is 52.9 Å². The van der Waals surface area contributed by atoms with E-state index in [1.165, 1.54) is 24.3 Å². The van der Waals surface area contributed by atoms with Gasteiger partial charge in [-0.25, -0.2) is 8.78 Å². The highest BCUT2D eigenvalue weighted by Gasteiger charge is 2.18. The van der Waals surface area contributed by atoms with Gasteiger partial charge < -0.3 is 9.73 Å². The lowest BCUT2D eigenvalue weighted by atomic mass is 10.0. The van der Waals surface area contributed by atoms with Gasteiger partial charge in [0, 0.05) is 5.39 Å². The molecule has 0 saturated carbocycles. The average molecular weight is 287 g/mol. The van der Waals surface area contributed by atoms with Crippen LogP contribution < -0.4 is 5.32 Å². The molecular formula is C17H15F2NO. The zero-order chi connectivity index (χ0) is 14.8. The highest BCUT2D eigenvalue weighted by molar-refractivity contribution is 5.78. The fourth-order valence-electron chi connectivity index (χ4n) is 2.45. The van der Waals surface area contributed by atoms with Crippen molar-refractivity contribution >= 4 is 11.0 Å². The van der Waals surface area contributed by atoms with Gasteiger partial charge in [0.2, 0.25) is 0 Å². The Bertz CT molecular complexity index is 766. The zero-order valence-corrected chi connectivity index (χ0v) is 11.6. The largest absolute Gasteiger partial charge is 0.459 e. The Kier molecular flexibility index (Phi) is 3.71. The first kappa shape index (κ1) is 13.8. The summed E-state index contributed by atoms with van der Waals surface area (Å²) in [6.45, 7) is 2.67.